The molecular formula is C21H20N4O4. The average molecular weight is 392 g/mol. The highest BCUT2D eigenvalue weighted by molar-refractivity contribution is 6.07. The van der Waals surface area contributed by atoms with Gasteiger partial charge < -0.3 is 30.4 Å². The van der Waals surface area contributed by atoms with Gasteiger partial charge in [-0.25, -0.2) is 9.97 Å². The molecule has 8 nitrogen and oxygen atoms in total. The Balaban J connectivity index is 1.76. The Morgan fingerprint density at radius 2 is 1.79 bits per heavy atom. The largest absolute Gasteiger partial charge is 0.394 e. The second kappa shape index (κ2) is 6.78. The van der Waals surface area contributed by atoms with Crippen LogP contribution < -0.4 is 5.73 Å². The fourth-order valence-electron chi connectivity index (χ4n) is 4.08. The predicted molar refractivity (Wildman–Crippen MR) is 108 cm³/mol. The quantitative estimate of drug-likeness (QED) is 0.416. The van der Waals surface area contributed by atoms with Crippen molar-refractivity contribution in [1.29, 1.82) is 0 Å². The van der Waals surface area contributed by atoms with E-state index in [-0.39, 0.29) is 0 Å². The Morgan fingerprint density at radius 1 is 1.00 bits per heavy atom. The molecule has 0 amide bonds. The molecule has 2 aromatic carbocycles. The molecule has 5 rings (SSSR count). The number of ether oxygens (including phenoxy) is 1. The molecule has 2 aromatic heterocycles. The highest BCUT2D eigenvalue weighted by atomic mass is 16.6. The normalized spacial score (nSPS) is 24.5. The number of aliphatic hydroxyl groups is 3. The molecule has 4 aromatic rings. The van der Waals surface area contributed by atoms with Gasteiger partial charge >= 0.3 is 0 Å². The van der Waals surface area contributed by atoms with Gasteiger partial charge in [0.2, 0.25) is 0 Å². The van der Waals surface area contributed by atoms with Gasteiger partial charge in [0, 0.05) is 11.8 Å². The lowest BCUT2D eigenvalue weighted by atomic mass is 9.98. The lowest BCUT2D eigenvalue weighted by Crippen LogP contribution is -2.33. The van der Waals surface area contributed by atoms with E-state index in [1.165, 1.54) is 6.33 Å². The molecule has 0 bridgehead atoms. The third kappa shape index (κ3) is 2.69. The number of hydrogen-bond acceptors (Lipinski definition) is 7. The van der Waals surface area contributed by atoms with Crippen molar-refractivity contribution in [2.45, 2.75) is 24.5 Å². The smallest absolute Gasteiger partial charge is 0.164 e. The van der Waals surface area contributed by atoms with Crippen molar-refractivity contribution in [1.82, 2.24) is 14.5 Å². The third-order valence-corrected chi connectivity index (χ3v) is 5.51. The van der Waals surface area contributed by atoms with Gasteiger partial charge in [0.15, 0.2) is 6.23 Å². The standard InChI is InChI=1S/C21H20N4O4/c22-19-16-14(13-7-3-5-11-4-1-2-6-12(11)13)8-25(20(16)24-10-23-19)21-18(28)17(27)15(9-26)29-21/h1-8,10,15,17-18,21,26-28H,9H2,(H2,22,23,24)/t15-,17-,18-,21-/m1/s1. The van der Waals surface area contributed by atoms with Crippen LogP contribution >= 0.6 is 0 Å². The number of aromatic nitrogens is 3. The molecule has 1 aliphatic rings. The maximum atomic E-state index is 10.5. The first-order valence-corrected chi connectivity index (χ1v) is 9.31. The van der Waals surface area contributed by atoms with Gasteiger partial charge in [-0.2, -0.15) is 0 Å². The van der Waals surface area contributed by atoms with Crippen molar-refractivity contribution in [2.75, 3.05) is 12.3 Å². The summed E-state index contributed by atoms with van der Waals surface area (Å²) < 4.78 is 7.36. The summed E-state index contributed by atoms with van der Waals surface area (Å²) in [5, 5.41) is 32.9. The van der Waals surface area contributed by atoms with Crippen molar-refractivity contribution in [3.05, 3.63) is 55.0 Å². The van der Waals surface area contributed by atoms with E-state index < -0.39 is 31.1 Å². The van der Waals surface area contributed by atoms with E-state index >= 15 is 0 Å². The molecule has 0 spiro atoms. The molecule has 0 aliphatic carbocycles. The summed E-state index contributed by atoms with van der Waals surface area (Å²) in [6, 6.07) is 14.0. The molecule has 1 fully saturated rings. The highest BCUT2D eigenvalue weighted by Gasteiger charge is 2.44. The summed E-state index contributed by atoms with van der Waals surface area (Å²) in [7, 11) is 0. The molecule has 148 valence electrons. The van der Waals surface area contributed by atoms with E-state index in [2.05, 4.69) is 9.97 Å². The van der Waals surface area contributed by atoms with Gasteiger partial charge in [0.05, 0.1) is 12.0 Å². The van der Waals surface area contributed by atoms with Crippen molar-refractivity contribution in [2.24, 2.45) is 0 Å². The van der Waals surface area contributed by atoms with Crippen molar-refractivity contribution in [3.8, 4) is 11.1 Å². The van der Waals surface area contributed by atoms with Crippen molar-refractivity contribution < 1.29 is 20.1 Å². The number of nitrogens with zero attached hydrogens (tertiary/aromatic N) is 3. The van der Waals surface area contributed by atoms with Gasteiger partial charge in [0.1, 0.15) is 36.1 Å². The zero-order valence-electron chi connectivity index (χ0n) is 15.4. The molecule has 4 atom stereocenters. The van der Waals surface area contributed by atoms with Crippen LogP contribution in [-0.2, 0) is 4.74 Å². The van der Waals surface area contributed by atoms with Gasteiger partial charge in [-0.1, -0.05) is 42.5 Å². The molecule has 0 unspecified atom stereocenters. The van der Waals surface area contributed by atoms with Crippen LogP contribution in [0.5, 0.6) is 0 Å². The van der Waals surface area contributed by atoms with Gasteiger partial charge in [0.25, 0.3) is 0 Å². The van der Waals surface area contributed by atoms with E-state index in [0.717, 1.165) is 21.9 Å². The number of fused-ring (bicyclic) bond motifs is 2. The molecule has 3 heterocycles. The highest BCUT2D eigenvalue weighted by Crippen LogP contribution is 2.40. The van der Waals surface area contributed by atoms with Crippen molar-refractivity contribution in [3.63, 3.8) is 0 Å². The number of nitrogen functional groups attached to an aromatic ring is 1. The van der Waals surface area contributed by atoms with Crippen molar-refractivity contribution >= 4 is 27.6 Å². The molecule has 29 heavy (non-hydrogen) atoms. The summed E-state index contributed by atoms with van der Waals surface area (Å²) >= 11 is 0. The Labute approximate surface area is 165 Å². The fourth-order valence-corrected chi connectivity index (χ4v) is 4.08. The van der Waals surface area contributed by atoms with Gasteiger partial charge in [-0.05, 0) is 16.3 Å². The summed E-state index contributed by atoms with van der Waals surface area (Å²) in [6.07, 6.45) is -1.07. The summed E-state index contributed by atoms with van der Waals surface area (Å²) in [6.45, 7) is -0.402. The maximum absolute atomic E-state index is 10.5. The van der Waals surface area contributed by atoms with Crippen LogP contribution in [0.25, 0.3) is 32.9 Å². The van der Waals surface area contributed by atoms with Crippen LogP contribution in [-0.4, -0.2) is 54.8 Å². The minimum atomic E-state index is -1.22. The molecular weight excluding hydrogens is 372 g/mol. The number of aliphatic hydroxyl groups excluding tert-OH is 3. The van der Waals surface area contributed by atoms with E-state index in [1.54, 1.807) is 10.8 Å². The van der Waals surface area contributed by atoms with Crippen LogP contribution in [0.1, 0.15) is 6.23 Å². The zero-order chi connectivity index (χ0) is 20.1. The molecule has 0 saturated carbocycles. The second-order valence-corrected chi connectivity index (χ2v) is 7.16. The molecule has 5 N–H and O–H groups in total. The van der Waals surface area contributed by atoms with Crippen LogP contribution in [0, 0.1) is 0 Å². The van der Waals surface area contributed by atoms with Crippen LogP contribution in [0.3, 0.4) is 0 Å². The average Bonchev–Trinajstić information content (AvgIpc) is 3.26. The number of rotatable bonds is 3. The second-order valence-electron chi connectivity index (χ2n) is 7.16. The minimum Gasteiger partial charge on any atom is -0.394 e. The first-order chi connectivity index (χ1) is 14.1. The predicted octanol–water partition coefficient (Wildman–Crippen LogP) is 1.45. The van der Waals surface area contributed by atoms with E-state index in [0.29, 0.717) is 16.9 Å². The Hall–Kier alpha value is -3.04. The van der Waals surface area contributed by atoms with Crippen LogP contribution in [0.4, 0.5) is 5.82 Å². The molecule has 1 saturated heterocycles. The van der Waals surface area contributed by atoms with Crippen LogP contribution in [0.15, 0.2) is 55.0 Å². The zero-order valence-corrected chi connectivity index (χ0v) is 15.4. The fraction of sp³-hybridized carbons (Fsp3) is 0.238. The summed E-state index contributed by atoms with van der Waals surface area (Å²) in [5.41, 5.74) is 8.43. The summed E-state index contributed by atoms with van der Waals surface area (Å²) in [4.78, 5) is 8.50. The first kappa shape index (κ1) is 18.0. The lowest BCUT2D eigenvalue weighted by Gasteiger charge is -2.17. The SMILES string of the molecule is Nc1ncnc2c1c(-c1cccc3ccccc13)cn2[C@@H]1O[C@H](CO)[C@@H](O)[C@H]1O. The molecule has 0 radical (unpaired) electrons. The third-order valence-electron chi connectivity index (χ3n) is 5.51. The number of anilines is 1. The maximum Gasteiger partial charge on any atom is 0.164 e. The monoisotopic (exact) mass is 392 g/mol. The number of benzene rings is 2. The summed E-state index contributed by atoms with van der Waals surface area (Å²) in [5.74, 6) is 0.309. The van der Waals surface area contributed by atoms with E-state index in [1.807, 2.05) is 42.5 Å². The first-order valence-electron chi connectivity index (χ1n) is 9.31. The number of hydrogen-bond donors (Lipinski definition) is 4. The Morgan fingerprint density at radius 3 is 2.59 bits per heavy atom. The van der Waals surface area contributed by atoms with Crippen LogP contribution in [0.2, 0.25) is 0 Å². The number of nitrogens with two attached hydrogens (primary N) is 1. The van der Waals surface area contributed by atoms with Gasteiger partial charge in [-0.15, -0.1) is 0 Å². The lowest BCUT2D eigenvalue weighted by molar-refractivity contribution is -0.0508. The Bertz CT molecular complexity index is 1200. The molecule has 1 aliphatic heterocycles. The van der Waals surface area contributed by atoms with E-state index in [4.69, 9.17) is 10.5 Å². The minimum absolute atomic E-state index is 0.309. The van der Waals surface area contributed by atoms with E-state index in [9.17, 15) is 15.3 Å². The van der Waals surface area contributed by atoms with Gasteiger partial charge in [-0.3, -0.25) is 0 Å². The molecule has 8 heteroatoms. The topological polar surface area (TPSA) is 127 Å². The Kier molecular flexibility index (Phi) is 4.21.